The molecule has 0 aliphatic carbocycles. The number of ketones is 1. The molecule has 0 spiro atoms. The Morgan fingerprint density at radius 1 is 0.892 bits per heavy atom. The van der Waals surface area contributed by atoms with Gasteiger partial charge in [-0.05, 0) is 49.6 Å². The second kappa shape index (κ2) is 10.3. The monoisotopic (exact) mass is 493 g/mol. The first-order chi connectivity index (χ1) is 17.9. The van der Waals surface area contributed by atoms with Crippen molar-refractivity contribution in [3.63, 3.8) is 0 Å². The van der Waals surface area contributed by atoms with Crippen LogP contribution in [0.1, 0.15) is 29.3 Å². The van der Waals surface area contributed by atoms with Gasteiger partial charge in [0.25, 0.3) is 0 Å². The van der Waals surface area contributed by atoms with Gasteiger partial charge in [-0.15, -0.1) is 0 Å². The molecule has 37 heavy (non-hydrogen) atoms. The van der Waals surface area contributed by atoms with Crippen LogP contribution in [0.15, 0.2) is 91.0 Å². The van der Waals surface area contributed by atoms with Crippen molar-refractivity contribution in [2.45, 2.75) is 26.4 Å². The maximum atomic E-state index is 12.8. The molecular weight excluding hydrogens is 466 g/mol. The number of hydrogen-bond acceptors (Lipinski definition) is 5. The lowest BCUT2D eigenvalue weighted by Gasteiger charge is -2.18. The summed E-state index contributed by atoms with van der Waals surface area (Å²) in [6.45, 7) is 3.70. The first-order valence-electron chi connectivity index (χ1n) is 12.3. The molecule has 0 aromatic heterocycles. The number of hydrogen-bond donors (Lipinski definition) is 0. The van der Waals surface area contributed by atoms with Gasteiger partial charge in [0, 0.05) is 29.6 Å². The van der Waals surface area contributed by atoms with Gasteiger partial charge >= 0.3 is 5.97 Å². The van der Waals surface area contributed by atoms with E-state index < -0.39 is 18.0 Å². The third-order valence-corrected chi connectivity index (χ3v) is 6.58. The van der Waals surface area contributed by atoms with Crippen LogP contribution >= 0.6 is 0 Å². The normalized spacial score (nSPS) is 16.0. The van der Waals surface area contributed by atoms with E-state index in [2.05, 4.69) is 0 Å². The lowest BCUT2D eigenvalue weighted by molar-refractivity contribution is -0.151. The number of rotatable bonds is 7. The minimum absolute atomic E-state index is 0.0402. The SMILES string of the molecule is Cc1ccc(C(=O)[C@H](C)OC(=O)[C@@H]2CC(=O)N(c3ccc(Oc4cccc5ccccc45)cc3)C2)cc1. The summed E-state index contributed by atoms with van der Waals surface area (Å²) in [6, 6.07) is 28.2. The summed E-state index contributed by atoms with van der Waals surface area (Å²) in [5.74, 6) is -0.211. The number of carbonyl (C=O) groups is 3. The average molecular weight is 494 g/mol. The number of anilines is 1. The lowest BCUT2D eigenvalue weighted by atomic mass is 10.1. The summed E-state index contributed by atoms with van der Waals surface area (Å²) >= 11 is 0. The fourth-order valence-corrected chi connectivity index (χ4v) is 4.50. The summed E-state index contributed by atoms with van der Waals surface area (Å²) in [7, 11) is 0. The molecule has 6 nitrogen and oxygen atoms in total. The van der Waals surface area contributed by atoms with E-state index in [9.17, 15) is 14.4 Å². The van der Waals surface area contributed by atoms with Crippen LogP contribution < -0.4 is 9.64 Å². The Labute approximate surface area is 215 Å². The molecule has 1 aliphatic heterocycles. The number of amides is 1. The van der Waals surface area contributed by atoms with E-state index >= 15 is 0 Å². The van der Waals surface area contributed by atoms with Crippen molar-refractivity contribution < 1.29 is 23.9 Å². The highest BCUT2D eigenvalue weighted by atomic mass is 16.5. The van der Waals surface area contributed by atoms with E-state index in [1.165, 1.54) is 0 Å². The molecule has 6 heteroatoms. The molecule has 4 aromatic carbocycles. The van der Waals surface area contributed by atoms with Gasteiger partial charge in [-0.3, -0.25) is 14.4 Å². The number of carbonyl (C=O) groups excluding carboxylic acids is 3. The number of ether oxygens (including phenoxy) is 2. The maximum Gasteiger partial charge on any atom is 0.312 e. The van der Waals surface area contributed by atoms with Crippen LogP contribution in [0.2, 0.25) is 0 Å². The Hall–Kier alpha value is -4.45. The second-order valence-electron chi connectivity index (χ2n) is 9.29. The molecule has 186 valence electrons. The van der Waals surface area contributed by atoms with E-state index in [1.54, 1.807) is 48.2 Å². The summed E-state index contributed by atoms with van der Waals surface area (Å²) in [4.78, 5) is 39.7. The van der Waals surface area contributed by atoms with Gasteiger partial charge in [0.05, 0.1) is 5.92 Å². The molecule has 1 saturated heterocycles. The standard InChI is InChI=1S/C31H27NO5/c1-20-10-12-23(13-11-20)30(34)21(2)36-31(35)24-18-29(33)32(19-24)25-14-16-26(17-15-25)37-28-9-5-7-22-6-3-4-8-27(22)28/h3-17,21,24H,18-19H2,1-2H3/t21-,24+/m0/s1. The van der Waals surface area contributed by atoms with Crippen molar-refractivity contribution in [3.8, 4) is 11.5 Å². The van der Waals surface area contributed by atoms with Crippen molar-refractivity contribution in [1.82, 2.24) is 0 Å². The molecule has 0 radical (unpaired) electrons. The van der Waals surface area contributed by atoms with Crippen LogP contribution in [0.5, 0.6) is 11.5 Å². The highest BCUT2D eigenvalue weighted by molar-refractivity contribution is 6.02. The minimum atomic E-state index is -0.926. The molecule has 5 rings (SSSR count). The summed E-state index contributed by atoms with van der Waals surface area (Å²) < 4.78 is 11.5. The minimum Gasteiger partial charge on any atom is -0.457 e. The van der Waals surface area contributed by atoms with Gasteiger partial charge < -0.3 is 14.4 Å². The zero-order chi connectivity index (χ0) is 25.9. The van der Waals surface area contributed by atoms with E-state index in [0.717, 1.165) is 22.1 Å². The highest BCUT2D eigenvalue weighted by Crippen LogP contribution is 2.32. The first-order valence-corrected chi connectivity index (χ1v) is 12.3. The molecule has 0 bridgehead atoms. The number of aryl methyl sites for hydroxylation is 1. The summed E-state index contributed by atoms with van der Waals surface area (Å²) in [6.07, 6.45) is -0.886. The predicted molar refractivity (Wildman–Crippen MR) is 142 cm³/mol. The zero-order valence-electron chi connectivity index (χ0n) is 20.7. The molecule has 1 fully saturated rings. The predicted octanol–water partition coefficient (Wildman–Crippen LogP) is 6.11. The highest BCUT2D eigenvalue weighted by Gasteiger charge is 2.37. The lowest BCUT2D eigenvalue weighted by Crippen LogP contribution is -2.30. The third-order valence-electron chi connectivity index (χ3n) is 6.58. The fraction of sp³-hybridized carbons (Fsp3) is 0.194. The van der Waals surface area contributed by atoms with Gasteiger partial charge in [0.15, 0.2) is 6.10 Å². The van der Waals surface area contributed by atoms with Crippen LogP contribution in [-0.2, 0) is 14.3 Å². The molecule has 1 aliphatic rings. The van der Waals surface area contributed by atoms with Crippen molar-refractivity contribution in [3.05, 3.63) is 102 Å². The number of nitrogens with zero attached hydrogens (tertiary/aromatic N) is 1. The molecule has 2 atom stereocenters. The van der Waals surface area contributed by atoms with Crippen LogP contribution in [0, 0.1) is 12.8 Å². The number of fused-ring (bicyclic) bond motifs is 1. The van der Waals surface area contributed by atoms with Gasteiger partial charge in [-0.1, -0.05) is 66.2 Å². The Morgan fingerprint density at radius 3 is 2.35 bits per heavy atom. The molecule has 0 saturated carbocycles. The number of Topliss-reactive ketones (excluding diaryl/α,β-unsaturated/α-hetero) is 1. The quantitative estimate of drug-likeness (QED) is 0.229. The largest absolute Gasteiger partial charge is 0.457 e. The maximum absolute atomic E-state index is 12.8. The number of esters is 1. The van der Waals surface area contributed by atoms with Gasteiger partial charge in [0.2, 0.25) is 11.7 Å². The summed E-state index contributed by atoms with van der Waals surface area (Å²) in [5, 5.41) is 2.10. The Morgan fingerprint density at radius 2 is 1.59 bits per heavy atom. The molecular formula is C31H27NO5. The summed E-state index contributed by atoms with van der Waals surface area (Å²) in [5.41, 5.74) is 2.20. The van der Waals surface area contributed by atoms with Gasteiger partial charge in [-0.25, -0.2) is 0 Å². The topological polar surface area (TPSA) is 72.9 Å². The fourth-order valence-electron chi connectivity index (χ4n) is 4.50. The Balaban J connectivity index is 1.22. The third kappa shape index (κ3) is 5.23. The van der Waals surface area contributed by atoms with E-state index in [1.807, 2.05) is 61.5 Å². The van der Waals surface area contributed by atoms with E-state index in [0.29, 0.717) is 17.0 Å². The molecule has 1 amide bonds. The Kier molecular flexibility index (Phi) is 6.73. The molecule has 4 aromatic rings. The zero-order valence-corrected chi connectivity index (χ0v) is 20.7. The second-order valence-corrected chi connectivity index (χ2v) is 9.29. The van der Waals surface area contributed by atoms with Crippen LogP contribution in [0.25, 0.3) is 10.8 Å². The van der Waals surface area contributed by atoms with Crippen LogP contribution in [0.3, 0.4) is 0 Å². The smallest absolute Gasteiger partial charge is 0.312 e. The average Bonchev–Trinajstić information content (AvgIpc) is 3.31. The van der Waals surface area contributed by atoms with Crippen LogP contribution in [-0.4, -0.2) is 30.3 Å². The van der Waals surface area contributed by atoms with Crippen molar-refractivity contribution in [2.75, 3.05) is 11.4 Å². The first kappa shape index (κ1) is 24.3. The van der Waals surface area contributed by atoms with E-state index in [4.69, 9.17) is 9.47 Å². The molecule has 1 heterocycles. The van der Waals surface area contributed by atoms with Gasteiger partial charge in [0.1, 0.15) is 11.5 Å². The molecule has 0 N–H and O–H groups in total. The van der Waals surface area contributed by atoms with E-state index in [-0.39, 0.29) is 24.7 Å². The van der Waals surface area contributed by atoms with Crippen molar-refractivity contribution in [1.29, 1.82) is 0 Å². The Bertz CT molecular complexity index is 1450. The van der Waals surface area contributed by atoms with Crippen LogP contribution in [0.4, 0.5) is 5.69 Å². The van der Waals surface area contributed by atoms with Gasteiger partial charge in [-0.2, -0.15) is 0 Å². The van der Waals surface area contributed by atoms with Crippen molar-refractivity contribution in [2.24, 2.45) is 5.92 Å². The number of benzene rings is 4. The van der Waals surface area contributed by atoms with Crippen molar-refractivity contribution >= 4 is 34.1 Å². The molecule has 0 unspecified atom stereocenters.